The van der Waals surface area contributed by atoms with Crippen LogP contribution in [0.5, 0.6) is 5.75 Å². The molecule has 0 amide bonds. The number of hydrogen-bond acceptors (Lipinski definition) is 4. The average Bonchev–Trinajstić information content (AvgIpc) is 2.44. The van der Waals surface area contributed by atoms with E-state index in [1.54, 1.807) is 12.1 Å². The quantitative estimate of drug-likeness (QED) is 0.456. The van der Waals surface area contributed by atoms with Crippen LogP contribution in [-0.2, 0) is 0 Å². The Morgan fingerprint density at radius 1 is 1.40 bits per heavy atom. The Hall–Kier alpha value is -1.62. The smallest absolute Gasteiger partial charge is 0.269 e. The van der Waals surface area contributed by atoms with E-state index in [1.165, 1.54) is 38.1 Å². The molecule has 1 aliphatic heterocycles. The zero-order valence-electron chi connectivity index (χ0n) is 12.0. The highest BCUT2D eigenvalue weighted by Gasteiger charge is 2.15. The van der Waals surface area contributed by atoms with Gasteiger partial charge in [-0.15, -0.1) is 0 Å². The SMILES string of the molecule is C[C@H]1CCCN(CCCOc2ccc([N+](=O)[O-])cc2)C1. The fourth-order valence-electron chi connectivity index (χ4n) is 2.63. The molecule has 0 aliphatic carbocycles. The highest BCUT2D eigenvalue weighted by atomic mass is 16.6. The fraction of sp³-hybridized carbons (Fsp3) is 0.600. The molecule has 5 heteroatoms. The second-order valence-electron chi connectivity index (χ2n) is 5.50. The van der Waals surface area contributed by atoms with Gasteiger partial charge in [-0.2, -0.15) is 0 Å². The zero-order valence-corrected chi connectivity index (χ0v) is 12.0. The Balaban J connectivity index is 1.66. The van der Waals surface area contributed by atoms with Gasteiger partial charge < -0.3 is 9.64 Å². The Labute approximate surface area is 119 Å². The van der Waals surface area contributed by atoms with E-state index in [0.717, 1.165) is 18.9 Å². The maximum Gasteiger partial charge on any atom is 0.269 e. The van der Waals surface area contributed by atoms with Crippen LogP contribution in [0.25, 0.3) is 0 Å². The number of non-ortho nitro benzene ring substituents is 1. The lowest BCUT2D eigenvalue weighted by Gasteiger charge is -2.30. The van der Waals surface area contributed by atoms with E-state index in [-0.39, 0.29) is 5.69 Å². The molecular formula is C15H22N2O3. The molecule has 0 aromatic heterocycles. The van der Waals surface area contributed by atoms with Crippen LogP contribution in [0.4, 0.5) is 5.69 Å². The maximum atomic E-state index is 10.5. The van der Waals surface area contributed by atoms with Crippen molar-refractivity contribution in [2.24, 2.45) is 5.92 Å². The third kappa shape index (κ3) is 4.49. The molecule has 110 valence electrons. The van der Waals surface area contributed by atoms with E-state index in [0.29, 0.717) is 12.4 Å². The van der Waals surface area contributed by atoms with Crippen molar-refractivity contribution in [1.82, 2.24) is 4.90 Å². The van der Waals surface area contributed by atoms with Crippen molar-refractivity contribution in [3.63, 3.8) is 0 Å². The second kappa shape index (κ2) is 7.24. The summed E-state index contributed by atoms with van der Waals surface area (Å²) in [5.74, 6) is 1.50. The zero-order chi connectivity index (χ0) is 14.4. The number of likely N-dealkylation sites (tertiary alicyclic amines) is 1. The summed E-state index contributed by atoms with van der Waals surface area (Å²) in [6, 6.07) is 6.26. The Bertz CT molecular complexity index is 433. The molecule has 1 saturated heterocycles. The minimum atomic E-state index is -0.401. The lowest BCUT2D eigenvalue weighted by Crippen LogP contribution is -2.35. The van der Waals surface area contributed by atoms with Crippen molar-refractivity contribution >= 4 is 5.69 Å². The Morgan fingerprint density at radius 3 is 2.80 bits per heavy atom. The van der Waals surface area contributed by atoms with Gasteiger partial charge in [-0.1, -0.05) is 6.92 Å². The molecule has 0 spiro atoms. The predicted octanol–water partition coefficient (Wildman–Crippen LogP) is 3.10. The molecule has 0 unspecified atom stereocenters. The molecule has 0 bridgehead atoms. The van der Waals surface area contributed by atoms with E-state index >= 15 is 0 Å². The lowest BCUT2D eigenvalue weighted by atomic mass is 10.0. The first-order chi connectivity index (χ1) is 9.65. The van der Waals surface area contributed by atoms with Crippen LogP contribution in [0.15, 0.2) is 24.3 Å². The third-order valence-electron chi connectivity index (χ3n) is 3.68. The van der Waals surface area contributed by atoms with Gasteiger partial charge in [0, 0.05) is 25.2 Å². The van der Waals surface area contributed by atoms with Crippen LogP contribution in [0.3, 0.4) is 0 Å². The summed E-state index contributed by atoms with van der Waals surface area (Å²) in [4.78, 5) is 12.6. The van der Waals surface area contributed by atoms with Crippen molar-refractivity contribution in [2.75, 3.05) is 26.2 Å². The van der Waals surface area contributed by atoms with E-state index < -0.39 is 4.92 Å². The summed E-state index contributed by atoms with van der Waals surface area (Å²) >= 11 is 0. The van der Waals surface area contributed by atoms with Crippen LogP contribution in [-0.4, -0.2) is 36.1 Å². The molecule has 5 nitrogen and oxygen atoms in total. The normalized spacial score (nSPS) is 19.8. The molecule has 1 aromatic rings. The summed E-state index contributed by atoms with van der Waals surface area (Å²) in [5.41, 5.74) is 0.0969. The summed E-state index contributed by atoms with van der Waals surface area (Å²) in [6.07, 6.45) is 3.63. The van der Waals surface area contributed by atoms with Gasteiger partial charge in [-0.25, -0.2) is 0 Å². The number of ether oxygens (including phenoxy) is 1. The van der Waals surface area contributed by atoms with E-state index in [1.807, 2.05) is 0 Å². The van der Waals surface area contributed by atoms with E-state index in [9.17, 15) is 10.1 Å². The monoisotopic (exact) mass is 278 g/mol. The van der Waals surface area contributed by atoms with Crippen molar-refractivity contribution < 1.29 is 9.66 Å². The van der Waals surface area contributed by atoms with Crippen LogP contribution in [0.2, 0.25) is 0 Å². The molecule has 20 heavy (non-hydrogen) atoms. The predicted molar refractivity (Wildman–Crippen MR) is 78.0 cm³/mol. The summed E-state index contributed by atoms with van der Waals surface area (Å²) in [5, 5.41) is 10.5. The second-order valence-corrected chi connectivity index (χ2v) is 5.50. The molecule has 1 heterocycles. The van der Waals surface area contributed by atoms with Gasteiger partial charge in [0.1, 0.15) is 5.75 Å². The van der Waals surface area contributed by atoms with Gasteiger partial charge in [0.15, 0.2) is 0 Å². The van der Waals surface area contributed by atoms with Gasteiger partial charge in [0.25, 0.3) is 5.69 Å². The fourth-order valence-corrected chi connectivity index (χ4v) is 2.63. The van der Waals surface area contributed by atoms with E-state index in [4.69, 9.17) is 4.74 Å². The molecule has 1 fully saturated rings. The van der Waals surface area contributed by atoms with Crippen LogP contribution in [0, 0.1) is 16.0 Å². The topological polar surface area (TPSA) is 55.6 Å². The molecule has 0 N–H and O–H groups in total. The maximum absolute atomic E-state index is 10.5. The van der Waals surface area contributed by atoms with Gasteiger partial charge in [-0.05, 0) is 43.9 Å². The van der Waals surface area contributed by atoms with Crippen molar-refractivity contribution in [2.45, 2.75) is 26.2 Å². The number of nitrogens with zero attached hydrogens (tertiary/aromatic N) is 2. The standard InChI is InChI=1S/C15H22N2O3/c1-13-4-2-9-16(12-13)10-3-11-20-15-7-5-14(6-8-15)17(18)19/h5-8,13H,2-4,9-12H2,1H3/t13-/m0/s1. The largest absolute Gasteiger partial charge is 0.494 e. The molecule has 1 atom stereocenters. The Morgan fingerprint density at radius 2 is 2.15 bits per heavy atom. The molecular weight excluding hydrogens is 256 g/mol. The highest BCUT2D eigenvalue weighted by molar-refractivity contribution is 5.35. The first kappa shape index (κ1) is 14.8. The summed E-state index contributed by atoms with van der Waals surface area (Å²) in [6.45, 7) is 6.42. The summed E-state index contributed by atoms with van der Waals surface area (Å²) in [7, 11) is 0. The molecule has 1 aliphatic rings. The van der Waals surface area contributed by atoms with Crippen LogP contribution < -0.4 is 4.74 Å². The molecule has 1 aromatic carbocycles. The number of benzene rings is 1. The number of piperidine rings is 1. The van der Waals surface area contributed by atoms with Crippen molar-refractivity contribution in [1.29, 1.82) is 0 Å². The first-order valence-corrected chi connectivity index (χ1v) is 7.25. The average molecular weight is 278 g/mol. The highest BCUT2D eigenvalue weighted by Crippen LogP contribution is 2.18. The van der Waals surface area contributed by atoms with Crippen LogP contribution in [0.1, 0.15) is 26.2 Å². The third-order valence-corrected chi connectivity index (χ3v) is 3.68. The first-order valence-electron chi connectivity index (χ1n) is 7.25. The Kier molecular flexibility index (Phi) is 5.35. The van der Waals surface area contributed by atoms with E-state index in [2.05, 4.69) is 11.8 Å². The minimum absolute atomic E-state index is 0.0969. The van der Waals surface area contributed by atoms with Gasteiger partial charge in [-0.3, -0.25) is 10.1 Å². The van der Waals surface area contributed by atoms with Gasteiger partial charge >= 0.3 is 0 Å². The van der Waals surface area contributed by atoms with Gasteiger partial charge in [0.05, 0.1) is 11.5 Å². The summed E-state index contributed by atoms with van der Waals surface area (Å²) < 4.78 is 5.61. The molecule has 0 saturated carbocycles. The lowest BCUT2D eigenvalue weighted by molar-refractivity contribution is -0.384. The van der Waals surface area contributed by atoms with Crippen molar-refractivity contribution in [3.8, 4) is 5.75 Å². The number of nitro benzene ring substituents is 1. The molecule has 0 radical (unpaired) electrons. The van der Waals surface area contributed by atoms with Crippen LogP contribution >= 0.6 is 0 Å². The number of nitro groups is 1. The van der Waals surface area contributed by atoms with Crippen molar-refractivity contribution in [3.05, 3.63) is 34.4 Å². The number of hydrogen-bond donors (Lipinski definition) is 0. The minimum Gasteiger partial charge on any atom is -0.494 e. The molecule has 2 rings (SSSR count). The number of rotatable bonds is 6. The van der Waals surface area contributed by atoms with Gasteiger partial charge in [0.2, 0.25) is 0 Å².